The van der Waals surface area contributed by atoms with E-state index in [1.165, 1.54) is 60.5 Å². The van der Waals surface area contributed by atoms with Gasteiger partial charge in [-0.15, -0.1) is 0 Å². The minimum absolute atomic E-state index is 0.0276. The highest BCUT2D eigenvalue weighted by molar-refractivity contribution is 6.21. The Bertz CT molecular complexity index is 2040. The Labute approximate surface area is 240 Å². The van der Waals surface area contributed by atoms with E-state index in [2.05, 4.69) is 154 Å². The van der Waals surface area contributed by atoms with Crippen molar-refractivity contribution in [3.63, 3.8) is 0 Å². The summed E-state index contributed by atoms with van der Waals surface area (Å²) in [6.07, 6.45) is 2.05. The number of nitrogens with zero attached hydrogens (tertiary/aromatic N) is 1. The lowest BCUT2D eigenvalue weighted by atomic mass is 9.82. The molecule has 0 N–H and O–H groups in total. The van der Waals surface area contributed by atoms with Crippen molar-refractivity contribution in [2.75, 3.05) is 0 Å². The molecule has 0 radical (unpaired) electrons. The summed E-state index contributed by atoms with van der Waals surface area (Å²) in [5.41, 5.74) is 12.5. The van der Waals surface area contributed by atoms with E-state index in [1.54, 1.807) is 0 Å². The van der Waals surface area contributed by atoms with Crippen molar-refractivity contribution in [3.05, 3.63) is 151 Å². The number of pyridine rings is 1. The normalized spacial score (nSPS) is 13.3. The lowest BCUT2D eigenvalue weighted by molar-refractivity contribution is 0.660. The number of rotatable bonds is 3. The monoisotopic (exact) mass is 523 g/mol. The zero-order chi connectivity index (χ0) is 27.6. The van der Waals surface area contributed by atoms with Crippen LogP contribution in [0.4, 0.5) is 0 Å². The van der Waals surface area contributed by atoms with Crippen LogP contribution in [0.5, 0.6) is 0 Å². The molecule has 1 aliphatic rings. The molecular weight excluding hydrogens is 494 g/mol. The molecule has 0 amide bonds. The van der Waals surface area contributed by atoms with Gasteiger partial charge in [-0.3, -0.25) is 4.98 Å². The number of benzene rings is 6. The Morgan fingerprint density at radius 2 is 0.976 bits per heavy atom. The average Bonchev–Trinajstić information content (AvgIpc) is 3.26. The number of hydrogen-bond acceptors (Lipinski definition) is 1. The molecule has 8 rings (SSSR count). The van der Waals surface area contributed by atoms with E-state index in [0.29, 0.717) is 0 Å². The highest BCUT2D eigenvalue weighted by Crippen LogP contribution is 2.49. The molecule has 194 valence electrons. The lowest BCUT2D eigenvalue weighted by Crippen LogP contribution is -2.14. The molecule has 0 bridgehead atoms. The van der Waals surface area contributed by atoms with Crippen LogP contribution in [-0.4, -0.2) is 4.98 Å². The zero-order valence-corrected chi connectivity index (χ0v) is 23.2. The van der Waals surface area contributed by atoms with Gasteiger partial charge in [0.2, 0.25) is 0 Å². The van der Waals surface area contributed by atoms with Crippen LogP contribution in [0.1, 0.15) is 25.0 Å². The van der Waals surface area contributed by atoms with E-state index in [0.717, 1.165) is 16.8 Å². The molecular formula is C40H29N. The van der Waals surface area contributed by atoms with Crippen LogP contribution in [0.2, 0.25) is 0 Å². The largest absolute Gasteiger partial charge is 0.256 e. The molecule has 41 heavy (non-hydrogen) atoms. The molecule has 0 unspecified atom stereocenters. The summed E-state index contributed by atoms with van der Waals surface area (Å²) in [7, 11) is 0. The summed E-state index contributed by atoms with van der Waals surface area (Å²) in [6.45, 7) is 4.65. The second-order valence-electron chi connectivity index (χ2n) is 11.6. The summed E-state index contributed by atoms with van der Waals surface area (Å²) in [4.78, 5) is 5.04. The van der Waals surface area contributed by atoms with E-state index in [1.807, 2.05) is 0 Å². The summed E-state index contributed by atoms with van der Waals surface area (Å²) < 4.78 is 0. The summed E-state index contributed by atoms with van der Waals surface area (Å²) >= 11 is 0. The van der Waals surface area contributed by atoms with E-state index in [-0.39, 0.29) is 5.41 Å². The minimum atomic E-state index is -0.0276. The van der Waals surface area contributed by atoms with Gasteiger partial charge < -0.3 is 0 Å². The zero-order valence-electron chi connectivity index (χ0n) is 23.2. The van der Waals surface area contributed by atoms with Crippen LogP contribution in [-0.2, 0) is 5.41 Å². The van der Waals surface area contributed by atoms with Crippen LogP contribution in [0.3, 0.4) is 0 Å². The predicted molar refractivity (Wildman–Crippen MR) is 173 cm³/mol. The molecule has 6 aromatic carbocycles. The second-order valence-corrected chi connectivity index (χ2v) is 11.6. The van der Waals surface area contributed by atoms with Crippen LogP contribution >= 0.6 is 0 Å². The van der Waals surface area contributed by atoms with Gasteiger partial charge in [0, 0.05) is 22.7 Å². The average molecular weight is 524 g/mol. The van der Waals surface area contributed by atoms with E-state index in [4.69, 9.17) is 4.98 Å². The second kappa shape index (κ2) is 9.01. The van der Waals surface area contributed by atoms with E-state index < -0.39 is 0 Å². The van der Waals surface area contributed by atoms with Gasteiger partial charge in [-0.1, -0.05) is 135 Å². The van der Waals surface area contributed by atoms with Crippen molar-refractivity contribution in [3.8, 4) is 44.6 Å². The highest BCUT2D eigenvalue weighted by Gasteiger charge is 2.35. The smallest absolute Gasteiger partial charge is 0.0702 e. The molecule has 0 aliphatic heterocycles. The maximum atomic E-state index is 5.04. The Kier molecular flexibility index (Phi) is 5.24. The molecule has 1 heterocycles. The van der Waals surface area contributed by atoms with Crippen LogP contribution in [0.15, 0.2) is 140 Å². The third kappa shape index (κ3) is 3.59. The van der Waals surface area contributed by atoms with Crippen molar-refractivity contribution >= 4 is 21.5 Å². The molecule has 1 aromatic heterocycles. The fourth-order valence-corrected chi connectivity index (χ4v) is 6.93. The molecule has 1 heteroatoms. The first-order valence-corrected chi connectivity index (χ1v) is 14.3. The van der Waals surface area contributed by atoms with Crippen LogP contribution < -0.4 is 0 Å². The highest BCUT2D eigenvalue weighted by atomic mass is 14.7. The molecule has 0 fully saturated rings. The fourth-order valence-electron chi connectivity index (χ4n) is 6.93. The topological polar surface area (TPSA) is 12.9 Å². The molecule has 1 aliphatic carbocycles. The van der Waals surface area contributed by atoms with Gasteiger partial charge in [0.25, 0.3) is 0 Å². The van der Waals surface area contributed by atoms with Gasteiger partial charge in [0.1, 0.15) is 0 Å². The van der Waals surface area contributed by atoms with Gasteiger partial charge in [-0.2, -0.15) is 0 Å². The summed E-state index contributed by atoms with van der Waals surface area (Å²) in [6, 6.07) is 48.3. The first kappa shape index (κ1) is 23.8. The lowest BCUT2D eigenvalue weighted by Gasteiger charge is -2.22. The maximum absolute atomic E-state index is 5.04. The van der Waals surface area contributed by atoms with Crippen LogP contribution in [0, 0.1) is 0 Å². The molecule has 7 aromatic rings. The SMILES string of the molecule is CC1(C)c2ccccc2-c2ccc(-c3ccc(-c4c5ccccc5c(-c5ccccc5)c5ccccc45)cn3)cc21. The predicted octanol–water partition coefficient (Wildman–Crippen LogP) is 10.7. The first-order chi connectivity index (χ1) is 20.1. The number of aromatic nitrogens is 1. The van der Waals surface area contributed by atoms with Gasteiger partial charge >= 0.3 is 0 Å². The van der Waals surface area contributed by atoms with Crippen molar-refractivity contribution in [2.24, 2.45) is 0 Å². The van der Waals surface area contributed by atoms with Crippen LogP contribution in [0.25, 0.3) is 66.2 Å². The third-order valence-corrected chi connectivity index (χ3v) is 8.93. The fraction of sp³-hybridized carbons (Fsp3) is 0.0750. The maximum Gasteiger partial charge on any atom is 0.0702 e. The molecule has 0 saturated carbocycles. The number of hydrogen-bond donors (Lipinski definition) is 0. The van der Waals surface area contributed by atoms with Gasteiger partial charge in [0.05, 0.1) is 5.69 Å². The van der Waals surface area contributed by atoms with Gasteiger partial charge in [-0.05, 0) is 72.6 Å². The quantitative estimate of drug-likeness (QED) is 0.210. The Morgan fingerprint density at radius 3 is 1.61 bits per heavy atom. The van der Waals surface area contributed by atoms with E-state index in [9.17, 15) is 0 Å². The van der Waals surface area contributed by atoms with Gasteiger partial charge in [-0.25, -0.2) is 0 Å². The molecule has 0 saturated heterocycles. The third-order valence-electron chi connectivity index (χ3n) is 8.93. The van der Waals surface area contributed by atoms with Crippen molar-refractivity contribution in [1.82, 2.24) is 4.98 Å². The molecule has 0 atom stereocenters. The van der Waals surface area contributed by atoms with Crippen molar-refractivity contribution in [1.29, 1.82) is 0 Å². The Balaban J connectivity index is 1.28. The number of fused-ring (bicyclic) bond motifs is 5. The summed E-state index contributed by atoms with van der Waals surface area (Å²) in [5, 5.41) is 5.02. The standard InChI is InChI=1S/C40H29N/c1-40(2)35-19-11-10-14-29(35)30-22-20-27(24-36(30)40)37-23-21-28(25-41-37)39-33-17-8-6-15-31(33)38(26-12-4-3-5-13-26)32-16-7-9-18-34(32)39/h3-25H,1-2H3. The van der Waals surface area contributed by atoms with Crippen molar-refractivity contribution < 1.29 is 0 Å². The van der Waals surface area contributed by atoms with Gasteiger partial charge in [0.15, 0.2) is 0 Å². The van der Waals surface area contributed by atoms with Crippen molar-refractivity contribution in [2.45, 2.75) is 19.3 Å². The van der Waals surface area contributed by atoms with E-state index >= 15 is 0 Å². The molecule has 1 nitrogen and oxygen atoms in total. The minimum Gasteiger partial charge on any atom is -0.256 e. The first-order valence-electron chi connectivity index (χ1n) is 14.3. The summed E-state index contributed by atoms with van der Waals surface area (Å²) in [5.74, 6) is 0. The molecule has 0 spiro atoms. The Morgan fingerprint density at radius 1 is 0.439 bits per heavy atom. The Hall–Kier alpha value is -5.01.